The van der Waals surface area contributed by atoms with Crippen LogP contribution in [0.25, 0.3) is 0 Å². The molecule has 0 amide bonds. The highest BCUT2D eigenvalue weighted by Gasteiger charge is 2.40. The molecule has 0 spiro atoms. The molecule has 0 heterocycles. The van der Waals surface area contributed by atoms with Crippen molar-refractivity contribution in [3.63, 3.8) is 0 Å². The van der Waals surface area contributed by atoms with E-state index in [4.69, 9.17) is 23.7 Å². The van der Waals surface area contributed by atoms with Gasteiger partial charge in [0, 0.05) is 10.8 Å². The number of benzene rings is 6. The summed E-state index contributed by atoms with van der Waals surface area (Å²) in [7, 11) is 0. The van der Waals surface area contributed by atoms with Crippen LogP contribution in [0.4, 0.5) is 0 Å². The van der Waals surface area contributed by atoms with Crippen LogP contribution in [0.15, 0.2) is 158 Å². The summed E-state index contributed by atoms with van der Waals surface area (Å²) in [6.07, 6.45) is 1.03. The van der Waals surface area contributed by atoms with E-state index < -0.39 is 10.8 Å². The highest BCUT2D eigenvalue weighted by Crippen LogP contribution is 2.40. The van der Waals surface area contributed by atoms with E-state index in [1.807, 2.05) is 100 Å². The minimum atomic E-state index is -0.409. The van der Waals surface area contributed by atoms with Gasteiger partial charge >= 0.3 is 0 Å². The summed E-state index contributed by atoms with van der Waals surface area (Å²) in [6.45, 7) is 17.4. The van der Waals surface area contributed by atoms with Crippen LogP contribution in [0, 0.1) is 0 Å². The van der Waals surface area contributed by atoms with Gasteiger partial charge in [-0.2, -0.15) is 0 Å². The molecule has 0 radical (unpaired) electrons. The SMILES string of the molecule is CC(C)Oc1ccc(C(C)(C)C(Cc2cccc(Oc3ccccc3)c2)OC(Cc2cccc(Oc3ccccc3)c2)C(C)(C)c2ccc(OC(C)C)cc2)cc1. The fraction of sp³-hybridized carbons (Fsp3) is 0.308. The van der Waals surface area contributed by atoms with Gasteiger partial charge in [-0.3, -0.25) is 0 Å². The highest BCUT2D eigenvalue weighted by atomic mass is 16.5. The third-order valence-corrected chi connectivity index (χ3v) is 10.5. The Morgan fingerprint density at radius 2 is 0.737 bits per heavy atom. The van der Waals surface area contributed by atoms with Crippen molar-refractivity contribution >= 4 is 0 Å². The van der Waals surface area contributed by atoms with Crippen LogP contribution in [0.5, 0.6) is 34.5 Å². The van der Waals surface area contributed by atoms with Crippen LogP contribution in [-0.4, -0.2) is 24.4 Å². The first-order valence-electron chi connectivity index (χ1n) is 20.2. The van der Waals surface area contributed by atoms with Crippen molar-refractivity contribution in [2.24, 2.45) is 0 Å². The first-order valence-corrected chi connectivity index (χ1v) is 20.2. The molecule has 6 rings (SSSR count). The quantitative estimate of drug-likeness (QED) is 0.0872. The average molecular weight is 763 g/mol. The lowest BCUT2D eigenvalue weighted by Crippen LogP contribution is -2.46. The minimum absolute atomic E-state index is 0.0934. The molecule has 296 valence electrons. The Hall–Kier alpha value is -5.52. The van der Waals surface area contributed by atoms with E-state index in [1.54, 1.807) is 0 Å². The Kier molecular flexibility index (Phi) is 13.4. The van der Waals surface area contributed by atoms with Gasteiger partial charge in [0.15, 0.2) is 0 Å². The van der Waals surface area contributed by atoms with Crippen molar-refractivity contribution in [1.82, 2.24) is 0 Å². The molecule has 2 unspecified atom stereocenters. The normalized spacial score (nSPS) is 12.9. The van der Waals surface area contributed by atoms with Gasteiger partial charge in [-0.25, -0.2) is 0 Å². The van der Waals surface area contributed by atoms with Gasteiger partial charge in [0.2, 0.25) is 0 Å². The van der Waals surface area contributed by atoms with Gasteiger partial charge < -0.3 is 23.7 Å². The minimum Gasteiger partial charge on any atom is -0.491 e. The standard InChI is InChI=1S/C52H58O5/c1-37(2)53-45-29-25-41(26-30-45)51(5,6)49(35-39-17-15-23-47(33-39)55-43-19-11-9-12-20-43)57-50(52(7,8)42-27-31-46(32-28-42)54-38(3)4)36-40-18-16-24-48(34-40)56-44-21-13-10-14-22-44/h9-34,37-38,49-50H,35-36H2,1-8H3. The molecule has 0 bridgehead atoms. The molecule has 0 saturated heterocycles. The third-order valence-electron chi connectivity index (χ3n) is 10.5. The monoisotopic (exact) mass is 762 g/mol. The molecule has 5 nitrogen and oxygen atoms in total. The molecule has 0 saturated carbocycles. The average Bonchev–Trinajstić information content (AvgIpc) is 3.18. The van der Waals surface area contributed by atoms with Gasteiger partial charge in [0.25, 0.3) is 0 Å². The second kappa shape index (κ2) is 18.6. The Morgan fingerprint density at radius 1 is 0.386 bits per heavy atom. The molecule has 0 fully saturated rings. The zero-order chi connectivity index (χ0) is 40.4. The van der Waals surface area contributed by atoms with Crippen molar-refractivity contribution in [2.45, 2.75) is 103 Å². The maximum absolute atomic E-state index is 7.66. The van der Waals surface area contributed by atoms with Crippen molar-refractivity contribution in [3.05, 3.63) is 180 Å². The van der Waals surface area contributed by atoms with Crippen molar-refractivity contribution < 1.29 is 23.7 Å². The Morgan fingerprint density at radius 3 is 1.09 bits per heavy atom. The number of hydrogen-bond donors (Lipinski definition) is 0. The van der Waals surface area contributed by atoms with Gasteiger partial charge in [-0.1, -0.05) is 113 Å². The third kappa shape index (κ3) is 11.3. The predicted octanol–water partition coefficient (Wildman–Crippen LogP) is 13.3. The van der Waals surface area contributed by atoms with Crippen LogP contribution < -0.4 is 18.9 Å². The molecule has 0 aromatic heterocycles. The summed E-state index contributed by atoms with van der Waals surface area (Å²) >= 11 is 0. The van der Waals surface area contributed by atoms with E-state index in [2.05, 4.69) is 113 Å². The second-order valence-corrected chi connectivity index (χ2v) is 16.5. The van der Waals surface area contributed by atoms with Gasteiger partial charge in [-0.05, 0) is 136 Å². The summed E-state index contributed by atoms with van der Waals surface area (Å²) in [4.78, 5) is 0. The Bertz CT molecular complexity index is 1970. The number of para-hydroxylation sites is 2. The Balaban J connectivity index is 1.39. The molecule has 2 atom stereocenters. The summed E-state index contributed by atoms with van der Waals surface area (Å²) in [5, 5.41) is 0. The van der Waals surface area contributed by atoms with E-state index in [0.29, 0.717) is 12.8 Å². The number of ether oxygens (including phenoxy) is 5. The highest BCUT2D eigenvalue weighted by molar-refractivity contribution is 5.39. The zero-order valence-corrected chi connectivity index (χ0v) is 34.8. The molecule has 0 aliphatic heterocycles. The lowest BCUT2D eigenvalue weighted by atomic mass is 9.74. The Labute approximate surface area is 340 Å². The predicted molar refractivity (Wildman–Crippen MR) is 232 cm³/mol. The van der Waals surface area contributed by atoms with E-state index in [-0.39, 0.29) is 24.4 Å². The fourth-order valence-corrected chi connectivity index (χ4v) is 7.14. The topological polar surface area (TPSA) is 46.2 Å². The van der Waals surface area contributed by atoms with Gasteiger partial charge in [0.05, 0.1) is 24.4 Å². The molecule has 6 aromatic carbocycles. The molecule has 0 N–H and O–H groups in total. The number of rotatable bonds is 18. The summed E-state index contributed by atoms with van der Waals surface area (Å²) in [5.41, 5.74) is 3.79. The van der Waals surface area contributed by atoms with Crippen LogP contribution in [0.1, 0.15) is 77.6 Å². The molecule has 5 heteroatoms. The lowest BCUT2D eigenvalue weighted by Gasteiger charge is -2.43. The van der Waals surface area contributed by atoms with Gasteiger partial charge in [0.1, 0.15) is 34.5 Å². The lowest BCUT2D eigenvalue weighted by molar-refractivity contribution is -0.0753. The van der Waals surface area contributed by atoms with Crippen LogP contribution in [0.2, 0.25) is 0 Å². The molecule has 6 aromatic rings. The smallest absolute Gasteiger partial charge is 0.127 e. The van der Waals surface area contributed by atoms with E-state index in [0.717, 1.165) is 45.6 Å². The van der Waals surface area contributed by atoms with Crippen molar-refractivity contribution in [1.29, 1.82) is 0 Å². The molecule has 57 heavy (non-hydrogen) atoms. The molecular weight excluding hydrogens is 705 g/mol. The maximum Gasteiger partial charge on any atom is 0.127 e. The first kappa shape index (κ1) is 41.1. The van der Waals surface area contributed by atoms with Crippen LogP contribution in [-0.2, 0) is 28.4 Å². The first-order chi connectivity index (χ1) is 27.3. The van der Waals surface area contributed by atoms with Crippen LogP contribution >= 0.6 is 0 Å². The fourth-order valence-electron chi connectivity index (χ4n) is 7.14. The largest absolute Gasteiger partial charge is 0.491 e. The molecule has 0 aliphatic rings. The van der Waals surface area contributed by atoms with Crippen molar-refractivity contribution in [2.75, 3.05) is 0 Å². The summed E-state index contributed by atoms with van der Waals surface area (Å²) < 4.78 is 32.3. The number of hydrogen-bond acceptors (Lipinski definition) is 5. The maximum atomic E-state index is 7.66. The van der Waals surface area contributed by atoms with Gasteiger partial charge in [-0.15, -0.1) is 0 Å². The van der Waals surface area contributed by atoms with E-state index >= 15 is 0 Å². The van der Waals surface area contributed by atoms with E-state index in [9.17, 15) is 0 Å². The zero-order valence-electron chi connectivity index (χ0n) is 34.8. The van der Waals surface area contributed by atoms with Crippen LogP contribution in [0.3, 0.4) is 0 Å². The summed E-state index contributed by atoms with van der Waals surface area (Å²) in [5.74, 6) is 4.90. The summed E-state index contributed by atoms with van der Waals surface area (Å²) in [6, 6.07) is 53.6. The molecule has 0 aliphatic carbocycles. The molecular formula is C52H58O5. The van der Waals surface area contributed by atoms with Crippen molar-refractivity contribution in [3.8, 4) is 34.5 Å². The second-order valence-electron chi connectivity index (χ2n) is 16.5. The van der Waals surface area contributed by atoms with E-state index in [1.165, 1.54) is 11.1 Å².